The van der Waals surface area contributed by atoms with Gasteiger partial charge in [-0.3, -0.25) is 4.57 Å². The average Bonchev–Trinajstić information content (AvgIpc) is 3.05. The summed E-state index contributed by atoms with van der Waals surface area (Å²) < 4.78 is 12.8. The maximum absolute atomic E-state index is 5.81. The molecule has 0 bridgehead atoms. The van der Waals surface area contributed by atoms with Gasteiger partial charge in [0.05, 0.1) is 12.3 Å². The molecule has 2 aromatic heterocycles. The smallest absolute Gasteiger partial charge is 0.144 e. The molecular formula is C17H18N4O2. The van der Waals surface area contributed by atoms with Gasteiger partial charge in [-0.2, -0.15) is 0 Å². The highest BCUT2D eigenvalue weighted by Crippen LogP contribution is 2.28. The Labute approximate surface area is 134 Å². The van der Waals surface area contributed by atoms with Crippen molar-refractivity contribution >= 4 is 5.82 Å². The van der Waals surface area contributed by atoms with Crippen molar-refractivity contribution in [3.63, 3.8) is 0 Å². The fourth-order valence-electron chi connectivity index (χ4n) is 2.31. The van der Waals surface area contributed by atoms with Crippen LogP contribution in [0.2, 0.25) is 0 Å². The Hall–Kier alpha value is -2.86. The van der Waals surface area contributed by atoms with Gasteiger partial charge in [0.1, 0.15) is 24.0 Å². The largest absolute Gasteiger partial charge is 0.489 e. The summed E-state index contributed by atoms with van der Waals surface area (Å²) in [6, 6.07) is 11.5. The van der Waals surface area contributed by atoms with Crippen LogP contribution < -0.4 is 10.5 Å². The van der Waals surface area contributed by atoms with Crippen LogP contribution in [-0.2, 0) is 4.74 Å². The van der Waals surface area contributed by atoms with E-state index in [9.17, 15) is 0 Å². The molecule has 0 unspecified atom stereocenters. The number of nitrogen functional groups attached to an aromatic ring is 1. The predicted molar refractivity (Wildman–Crippen MR) is 88.6 cm³/mol. The summed E-state index contributed by atoms with van der Waals surface area (Å²) in [6.07, 6.45) is 5.31. The van der Waals surface area contributed by atoms with Gasteiger partial charge in [0.25, 0.3) is 0 Å². The lowest BCUT2D eigenvalue weighted by Crippen LogP contribution is -2.07. The number of hydrogen-bond acceptors (Lipinski definition) is 5. The molecule has 2 heterocycles. The number of benzene rings is 1. The third-order valence-electron chi connectivity index (χ3n) is 3.35. The SMILES string of the molecule is COCCOc1ccccc1-n1ccnc1-c1ccnc(N)c1. The molecule has 0 fully saturated rings. The number of imidazole rings is 1. The molecule has 0 aliphatic carbocycles. The lowest BCUT2D eigenvalue weighted by atomic mass is 10.2. The molecule has 118 valence electrons. The molecule has 2 N–H and O–H groups in total. The summed E-state index contributed by atoms with van der Waals surface area (Å²) in [5.74, 6) is 2.01. The zero-order chi connectivity index (χ0) is 16.1. The normalized spacial score (nSPS) is 10.7. The number of pyridine rings is 1. The average molecular weight is 310 g/mol. The highest BCUT2D eigenvalue weighted by Gasteiger charge is 2.12. The number of rotatable bonds is 6. The first-order valence-corrected chi connectivity index (χ1v) is 7.26. The molecule has 23 heavy (non-hydrogen) atoms. The fraction of sp³-hybridized carbons (Fsp3) is 0.176. The molecule has 0 aliphatic rings. The topological polar surface area (TPSA) is 75.2 Å². The number of methoxy groups -OCH3 is 1. The Morgan fingerprint density at radius 3 is 2.78 bits per heavy atom. The molecule has 0 spiro atoms. The first-order valence-electron chi connectivity index (χ1n) is 7.26. The van der Waals surface area contributed by atoms with Gasteiger partial charge in [0.15, 0.2) is 0 Å². The zero-order valence-electron chi connectivity index (χ0n) is 12.8. The van der Waals surface area contributed by atoms with Crippen LogP contribution in [0.5, 0.6) is 5.75 Å². The molecule has 0 radical (unpaired) electrons. The molecule has 3 rings (SSSR count). The van der Waals surface area contributed by atoms with E-state index in [1.54, 1.807) is 25.6 Å². The van der Waals surface area contributed by atoms with E-state index >= 15 is 0 Å². The van der Waals surface area contributed by atoms with Crippen LogP contribution in [0, 0.1) is 0 Å². The van der Waals surface area contributed by atoms with Crippen molar-refractivity contribution in [2.24, 2.45) is 0 Å². The number of nitrogens with zero attached hydrogens (tertiary/aromatic N) is 3. The van der Waals surface area contributed by atoms with Crippen molar-refractivity contribution in [1.82, 2.24) is 14.5 Å². The Morgan fingerprint density at radius 2 is 1.96 bits per heavy atom. The Kier molecular flexibility index (Phi) is 4.54. The minimum absolute atomic E-state index is 0.460. The van der Waals surface area contributed by atoms with Gasteiger partial charge >= 0.3 is 0 Å². The predicted octanol–water partition coefficient (Wildman–Crippen LogP) is 2.54. The van der Waals surface area contributed by atoms with Crippen LogP contribution in [0.1, 0.15) is 0 Å². The molecule has 0 amide bonds. The third kappa shape index (κ3) is 3.32. The Morgan fingerprint density at radius 1 is 1.09 bits per heavy atom. The molecule has 0 saturated carbocycles. The van der Waals surface area contributed by atoms with Gasteiger partial charge < -0.3 is 15.2 Å². The van der Waals surface area contributed by atoms with Crippen molar-refractivity contribution in [3.05, 3.63) is 55.0 Å². The van der Waals surface area contributed by atoms with Crippen molar-refractivity contribution in [2.45, 2.75) is 0 Å². The van der Waals surface area contributed by atoms with Crippen LogP contribution >= 0.6 is 0 Å². The molecule has 0 aliphatic heterocycles. The minimum atomic E-state index is 0.460. The van der Waals surface area contributed by atoms with E-state index in [2.05, 4.69) is 9.97 Å². The van der Waals surface area contributed by atoms with Crippen molar-refractivity contribution < 1.29 is 9.47 Å². The number of aromatic nitrogens is 3. The third-order valence-corrected chi connectivity index (χ3v) is 3.35. The van der Waals surface area contributed by atoms with Crippen LogP contribution in [0.15, 0.2) is 55.0 Å². The first kappa shape index (κ1) is 15.1. The number of nitrogens with two attached hydrogens (primary N) is 1. The van der Waals surface area contributed by atoms with Crippen molar-refractivity contribution in [2.75, 3.05) is 26.1 Å². The van der Waals surface area contributed by atoms with E-state index in [1.165, 1.54) is 0 Å². The summed E-state index contributed by atoms with van der Waals surface area (Å²) in [4.78, 5) is 8.46. The quantitative estimate of drug-likeness (QED) is 0.708. The Balaban J connectivity index is 1.99. The van der Waals surface area contributed by atoms with E-state index < -0.39 is 0 Å². The number of hydrogen-bond donors (Lipinski definition) is 1. The fourth-order valence-corrected chi connectivity index (χ4v) is 2.31. The standard InChI is InChI=1S/C17H18N4O2/c1-22-10-11-23-15-5-3-2-4-14(15)21-9-8-20-17(21)13-6-7-19-16(18)12-13/h2-9,12H,10-11H2,1H3,(H2,18,19). The lowest BCUT2D eigenvalue weighted by Gasteiger charge is -2.14. The summed E-state index contributed by atoms with van der Waals surface area (Å²) in [5.41, 5.74) is 7.58. The van der Waals surface area contributed by atoms with E-state index in [0.717, 1.165) is 22.8 Å². The molecule has 6 heteroatoms. The highest BCUT2D eigenvalue weighted by molar-refractivity contribution is 5.63. The van der Waals surface area contributed by atoms with Crippen LogP contribution in [0.25, 0.3) is 17.1 Å². The molecular weight excluding hydrogens is 292 g/mol. The monoisotopic (exact) mass is 310 g/mol. The van der Waals surface area contributed by atoms with Gasteiger partial charge in [0, 0.05) is 31.3 Å². The van der Waals surface area contributed by atoms with Crippen molar-refractivity contribution in [1.29, 1.82) is 0 Å². The molecule has 0 atom stereocenters. The van der Waals surface area contributed by atoms with E-state index in [4.69, 9.17) is 15.2 Å². The van der Waals surface area contributed by atoms with Crippen molar-refractivity contribution in [3.8, 4) is 22.8 Å². The second-order valence-corrected chi connectivity index (χ2v) is 4.90. The number of para-hydroxylation sites is 2. The summed E-state index contributed by atoms with van der Waals surface area (Å²) in [7, 11) is 1.65. The van der Waals surface area contributed by atoms with E-state index in [0.29, 0.717) is 19.0 Å². The minimum Gasteiger partial charge on any atom is -0.489 e. The van der Waals surface area contributed by atoms with E-state index in [-0.39, 0.29) is 0 Å². The maximum atomic E-state index is 5.81. The number of anilines is 1. The van der Waals surface area contributed by atoms with Gasteiger partial charge in [-0.15, -0.1) is 0 Å². The number of ether oxygens (including phenoxy) is 2. The summed E-state index contributed by atoms with van der Waals surface area (Å²) in [6.45, 7) is 1.02. The molecule has 0 saturated heterocycles. The molecule has 1 aromatic carbocycles. The molecule has 3 aromatic rings. The summed E-state index contributed by atoms with van der Waals surface area (Å²) in [5, 5.41) is 0. The van der Waals surface area contributed by atoms with Gasteiger partial charge in [-0.25, -0.2) is 9.97 Å². The van der Waals surface area contributed by atoms with Crippen LogP contribution in [0.4, 0.5) is 5.82 Å². The first-order chi connectivity index (χ1) is 11.3. The second kappa shape index (κ2) is 6.93. The maximum Gasteiger partial charge on any atom is 0.144 e. The summed E-state index contributed by atoms with van der Waals surface area (Å²) >= 11 is 0. The second-order valence-electron chi connectivity index (χ2n) is 4.90. The zero-order valence-corrected chi connectivity index (χ0v) is 12.8. The highest BCUT2D eigenvalue weighted by atomic mass is 16.5. The van der Waals surface area contributed by atoms with Gasteiger partial charge in [-0.05, 0) is 24.3 Å². The molecule has 6 nitrogen and oxygen atoms in total. The van der Waals surface area contributed by atoms with E-state index in [1.807, 2.05) is 41.1 Å². The van der Waals surface area contributed by atoms with Crippen LogP contribution in [0.3, 0.4) is 0 Å². The van der Waals surface area contributed by atoms with Gasteiger partial charge in [0.2, 0.25) is 0 Å². The Bertz CT molecular complexity index is 786. The van der Waals surface area contributed by atoms with Gasteiger partial charge in [-0.1, -0.05) is 12.1 Å². The lowest BCUT2D eigenvalue weighted by molar-refractivity contribution is 0.146. The van der Waals surface area contributed by atoms with Crippen LogP contribution in [-0.4, -0.2) is 34.9 Å².